The Labute approximate surface area is 134 Å². The van der Waals surface area contributed by atoms with E-state index in [0.717, 1.165) is 5.56 Å². The van der Waals surface area contributed by atoms with Gasteiger partial charge in [0.2, 0.25) is 11.7 Å². The fourth-order valence-electron chi connectivity index (χ4n) is 2.35. The van der Waals surface area contributed by atoms with Gasteiger partial charge in [0.1, 0.15) is 11.9 Å². The number of hydrogen-bond acceptors (Lipinski definition) is 6. The van der Waals surface area contributed by atoms with Gasteiger partial charge < -0.3 is 18.9 Å². The molecule has 23 heavy (non-hydrogen) atoms. The van der Waals surface area contributed by atoms with Crippen molar-refractivity contribution < 1.29 is 18.8 Å². The molecule has 0 radical (unpaired) electrons. The molecule has 1 saturated heterocycles. The van der Waals surface area contributed by atoms with Gasteiger partial charge in [-0.25, -0.2) is 0 Å². The summed E-state index contributed by atoms with van der Waals surface area (Å²) < 4.78 is 16.1. The van der Waals surface area contributed by atoms with Gasteiger partial charge in [-0.2, -0.15) is 4.98 Å². The first kappa shape index (κ1) is 15.5. The van der Waals surface area contributed by atoms with E-state index in [2.05, 4.69) is 10.1 Å². The van der Waals surface area contributed by atoms with E-state index in [9.17, 15) is 4.79 Å². The molecule has 0 N–H and O–H groups in total. The number of carbonyl (C=O) groups excluding carboxylic acids is 1. The van der Waals surface area contributed by atoms with E-state index in [1.807, 2.05) is 31.2 Å². The molecule has 1 atom stereocenters. The molecule has 3 rings (SSSR count). The van der Waals surface area contributed by atoms with Gasteiger partial charge in [-0.1, -0.05) is 22.9 Å². The van der Waals surface area contributed by atoms with Crippen LogP contribution in [0.1, 0.15) is 23.4 Å². The summed E-state index contributed by atoms with van der Waals surface area (Å²) in [6.45, 7) is 5.09. The van der Waals surface area contributed by atoms with Crippen LogP contribution in [0.2, 0.25) is 0 Å². The van der Waals surface area contributed by atoms with Crippen molar-refractivity contribution >= 4 is 5.91 Å². The maximum atomic E-state index is 12.3. The van der Waals surface area contributed by atoms with Crippen LogP contribution in [0.3, 0.4) is 0 Å². The average molecular weight is 317 g/mol. The van der Waals surface area contributed by atoms with Crippen molar-refractivity contribution in [2.24, 2.45) is 0 Å². The summed E-state index contributed by atoms with van der Waals surface area (Å²) in [6.07, 6.45) is -0.357. The highest BCUT2D eigenvalue weighted by molar-refractivity contribution is 5.77. The Balaban J connectivity index is 1.55. The predicted molar refractivity (Wildman–Crippen MR) is 81.0 cm³/mol. The first-order valence-electron chi connectivity index (χ1n) is 7.51. The number of hydrogen-bond donors (Lipinski definition) is 0. The SMILES string of the molecule is Cc1ccc(OCC(=O)N2CCO[C@@H](c3noc(C)n3)C2)cc1. The van der Waals surface area contributed by atoms with Crippen molar-refractivity contribution in [2.75, 3.05) is 26.3 Å². The number of rotatable bonds is 4. The monoisotopic (exact) mass is 317 g/mol. The van der Waals surface area contributed by atoms with Crippen LogP contribution in [0, 0.1) is 13.8 Å². The molecule has 0 saturated carbocycles. The molecule has 2 heterocycles. The van der Waals surface area contributed by atoms with E-state index < -0.39 is 0 Å². The van der Waals surface area contributed by atoms with E-state index in [-0.39, 0.29) is 18.6 Å². The second-order valence-electron chi connectivity index (χ2n) is 5.47. The number of morpholine rings is 1. The first-order chi connectivity index (χ1) is 11.1. The lowest BCUT2D eigenvalue weighted by Crippen LogP contribution is -2.44. The molecule has 2 aromatic rings. The summed E-state index contributed by atoms with van der Waals surface area (Å²) in [6, 6.07) is 7.60. The molecule has 0 spiro atoms. The summed E-state index contributed by atoms with van der Waals surface area (Å²) in [5, 5.41) is 3.85. The van der Waals surface area contributed by atoms with Gasteiger partial charge in [0.25, 0.3) is 5.91 Å². The van der Waals surface area contributed by atoms with Crippen molar-refractivity contribution in [3.63, 3.8) is 0 Å². The molecule has 0 bridgehead atoms. The standard InChI is InChI=1S/C16H19N3O4/c1-11-3-5-13(6-4-11)22-10-15(20)19-7-8-21-14(9-19)16-17-12(2)23-18-16/h3-6,14H,7-10H2,1-2H3/t14-/m1/s1. The molecule has 1 aliphatic rings. The van der Waals surface area contributed by atoms with Crippen LogP contribution in [0.25, 0.3) is 0 Å². The number of nitrogens with zero attached hydrogens (tertiary/aromatic N) is 3. The third kappa shape index (κ3) is 3.87. The Morgan fingerprint density at radius 3 is 2.83 bits per heavy atom. The van der Waals surface area contributed by atoms with Crippen molar-refractivity contribution in [1.29, 1.82) is 0 Å². The van der Waals surface area contributed by atoms with Gasteiger partial charge in [-0.05, 0) is 19.1 Å². The Morgan fingerprint density at radius 2 is 2.13 bits per heavy atom. The molecule has 1 aromatic carbocycles. The van der Waals surface area contributed by atoms with E-state index >= 15 is 0 Å². The minimum atomic E-state index is -0.357. The van der Waals surface area contributed by atoms with E-state index in [1.165, 1.54) is 0 Å². The smallest absolute Gasteiger partial charge is 0.260 e. The number of aromatic nitrogens is 2. The summed E-state index contributed by atoms with van der Waals surface area (Å²) in [5.41, 5.74) is 1.15. The molecular weight excluding hydrogens is 298 g/mol. The van der Waals surface area contributed by atoms with E-state index in [4.69, 9.17) is 14.0 Å². The number of amides is 1. The zero-order valence-electron chi connectivity index (χ0n) is 13.2. The second-order valence-corrected chi connectivity index (χ2v) is 5.47. The highest BCUT2D eigenvalue weighted by Crippen LogP contribution is 2.20. The van der Waals surface area contributed by atoms with Crippen LogP contribution in [0.5, 0.6) is 5.75 Å². The molecule has 7 nitrogen and oxygen atoms in total. The van der Waals surface area contributed by atoms with Gasteiger partial charge in [-0.15, -0.1) is 0 Å². The average Bonchev–Trinajstić information content (AvgIpc) is 3.01. The topological polar surface area (TPSA) is 77.7 Å². The van der Waals surface area contributed by atoms with Gasteiger partial charge in [-0.3, -0.25) is 4.79 Å². The molecule has 7 heteroatoms. The zero-order chi connectivity index (χ0) is 16.2. The molecule has 1 fully saturated rings. The van der Waals surface area contributed by atoms with Crippen LogP contribution in [-0.2, 0) is 9.53 Å². The quantitative estimate of drug-likeness (QED) is 0.853. The minimum absolute atomic E-state index is 0.00104. The molecule has 1 aliphatic heterocycles. The number of ether oxygens (including phenoxy) is 2. The summed E-state index contributed by atoms with van der Waals surface area (Å²) in [5.74, 6) is 1.55. The zero-order valence-corrected chi connectivity index (χ0v) is 13.2. The maximum absolute atomic E-state index is 12.3. The van der Waals surface area contributed by atoms with Crippen molar-refractivity contribution in [3.05, 3.63) is 41.5 Å². The second kappa shape index (κ2) is 6.78. The molecular formula is C16H19N3O4. The molecule has 0 aliphatic carbocycles. The van der Waals surface area contributed by atoms with Crippen LogP contribution in [0.15, 0.2) is 28.8 Å². The summed E-state index contributed by atoms with van der Waals surface area (Å²) in [4.78, 5) is 18.2. The minimum Gasteiger partial charge on any atom is -0.484 e. The Morgan fingerprint density at radius 1 is 1.35 bits per heavy atom. The van der Waals surface area contributed by atoms with Gasteiger partial charge in [0.15, 0.2) is 6.61 Å². The lowest BCUT2D eigenvalue weighted by molar-refractivity contribution is -0.141. The van der Waals surface area contributed by atoms with E-state index in [1.54, 1.807) is 11.8 Å². The van der Waals surface area contributed by atoms with Crippen LogP contribution in [0.4, 0.5) is 0 Å². The molecule has 1 aromatic heterocycles. The van der Waals surface area contributed by atoms with Crippen LogP contribution >= 0.6 is 0 Å². The first-order valence-corrected chi connectivity index (χ1v) is 7.51. The highest BCUT2D eigenvalue weighted by atomic mass is 16.5. The summed E-state index contributed by atoms with van der Waals surface area (Å²) >= 11 is 0. The van der Waals surface area contributed by atoms with Gasteiger partial charge >= 0.3 is 0 Å². The van der Waals surface area contributed by atoms with Crippen LogP contribution < -0.4 is 4.74 Å². The third-order valence-corrected chi connectivity index (χ3v) is 3.63. The normalized spacial score (nSPS) is 18.0. The fourth-order valence-corrected chi connectivity index (χ4v) is 2.35. The highest BCUT2D eigenvalue weighted by Gasteiger charge is 2.28. The molecule has 122 valence electrons. The third-order valence-electron chi connectivity index (χ3n) is 3.63. The Bertz CT molecular complexity index is 668. The van der Waals surface area contributed by atoms with Crippen molar-refractivity contribution in [3.8, 4) is 5.75 Å². The lowest BCUT2D eigenvalue weighted by Gasteiger charge is -2.31. The Kier molecular flexibility index (Phi) is 4.57. The predicted octanol–water partition coefficient (Wildman–Crippen LogP) is 1.67. The fraction of sp³-hybridized carbons (Fsp3) is 0.438. The number of benzene rings is 1. The Hall–Kier alpha value is -2.41. The number of aryl methyl sites for hydroxylation is 2. The number of carbonyl (C=O) groups is 1. The van der Waals surface area contributed by atoms with Gasteiger partial charge in [0, 0.05) is 13.5 Å². The van der Waals surface area contributed by atoms with Crippen LogP contribution in [-0.4, -0.2) is 47.3 Å². The largest absolute Gasteiger partial charge is 0.484 e. The molecule has 0 unspecified atom stereocenters. The van der Waals surface area contributed by atoms with Crippen molar-refractivity contribution in [1.82, 2.24) is 15.0 Å². The van der Waals surface area contributed by atoms with Crippen molar-refractivity contribution in [2.45, 2.75) is 20.0 Å². The van der Waals surface area contributed by atoms with E-state index in [0.29, 0.717) is 37.2 Å². The lowest BCUT2D eigenvalue weighted by atomic mass is 10.2. The van der Waals surface area contributed by atoms with Gasteiger partial charge in [0.05, 0.1) is 13.2 Å². The maximum Gasteiger partial charge on any atom is 0.260 e. The molecule has 1 amide bonds. The summed E-state index contributed by atoms with van der Waals surface area (Å²) in [7, 11) is 0.